The highest BCUT2D eigenvalue weighted by Gasteiger charge is 2.50. The van der Waals surface area contributed by atoms with Crippen LogP contribution in [-0.4, -0.2) is 41.2 Å². The van der Waals surface area contributed by atoms with E-state index in [1.165, 1.54) is 12.8 Å². The molecule has 7 rings (SSSR count). The predicted molar refractivity (Wildman–Crippen MR) is 156 cm³/mol. The molecule has 0 atom stereocenters. The van der Waals surface area contributed by atoms with Crippen LogP contribution in [0.5, 0.6) is 0 Å². The quantitative estimate of drug-likeness (QED) is 0.252. The third-order valence-electron chi connectivity index (χ3n) is 8.59. The van der Waals surface area contributed by atoms with Crippen LogP contribution in [0.1, 0.15) is 70.2 Å². The van der Waals surface area contributed by atoms with Gasteiger partial charge in [-0.3, -0.25) is 9.30 Å². The van der Waals surface area contributed by atoms with Crippen molar-refractivity contribution in [2.75, 3.05) is 0 Å². The minimum atomic E-state index is -0.872. The van der Waals surface area contributed by atoms with Crippen LogP contribution in [0.3, 0.4) is 0 Å². The summed E-state index contributed by atoms with van der Waals surface area (Å²) in [6.07, 6.45) is 6.19. The van der Waals surface area contributed by atoms with E-state index in [1.807, 2.05) is 45.2 Å². The summed E-state index contributed by atoms with van der Waals surface area (Å²) in [5.41, 5.74) is 5.76. The molecule has 2 aromatic carbocycles. The van der Waals surface area contributed by atoms with Gasteiger partial charge in [0.25, 0.3) is 0 Å². The molecule has 7 heteroatoms. The summed E-state index contributed by atoms with van der Waals surface area (Å²) >= 11 is 0. The maximum absolute atomic E-state index is 12.4. The molecule has 7 nitrogen and oxygen atoms in total. The Hall–Kier alpha value is -4.26. The first kappa shape index (κ1) is 24.8. The number of pyridine rings is 2. The van der Waals surface area contributed by atoms with Gasteiger partial charge in [-0.15, -0.1) is 10.2 Å². The summed E-state index contributed by atoms with van der Waals surface area (Å²) in [7, 11) is 0. The topological polar surface area (TPSA) is 83.6 Å². The number of fused-ring (bicyclic) bond motifs is 3. The van der Waals surface area contributed by atoms with E-state index in [9.17, 15) is 9.90 Å². The molecule has 1 amide bonds. The van der Waals surface area contributed by atoms with Gasteiger partial charge in [-0.25, -0.2) is 9.78 Å². The van der Waals surface area contributed by atoms with Crippen LogP contribution < -0.4 is 0 Å². The SMILES string of the molecule is CC(C)(C)N(C(=O)O)C1(c2ccc(-c3nc4ccn5c(C6CC6)nnc5c4cc3-c3ccccc3)cc2)CCC1. The zero-order valence-corrected chi connectivity index (χ0v) is 23.1. The van der Waals surface area contributed by atoms with Gasteiger partial charge in [-0.1, -0.05) is 54.6 Å². The molecule has 1 N–H and O–H groups in total. The van der Waals surface area contributed by atoms with Gasteiger partial charge in [-0.2, -0.15) is 0 Å². The molecular formula is C33H33N5O2. The number of hydrogen-bond acceptors (Lipinski definition) is 4. The van der Waals surface area contributed by atoms with Crippen LogP contribution in [-0.2, 0) is 5.54 Å². The number of amides is 1. The summed E-state index contributed by atoms with van der Waals surface area (Å²) in [5, 5.41) is 20.3. The van der Waals surface area contributed by atoms with Crippen LogP contribution in [0.4, 0.5) is 4.79 Å². The van der Waals surface area contributed by atoms with Crippen molar-refractivity contribution >= 4 is 22.6 Å². The molecule has 2 aliphatic rings. The highest BCUT2D eigenvalue weighted by Crippen LogP contribution is 2.50. The fraction of sp³-hybridized carbons (Fsp3) is 0.333. The predicted octanol–water partition coefficient (Wildman–Crippen LogP) is 7.65. The van der Waals surface area contributed by atoms with E-state index in [0.29, 0.717) is 5.92 Å². The third kappa shape index (κ3) is 3.86. The van der Waals surface area contributed by atoms with Crippen molar-refractivity contribution in [2.24, 2.45) is 0 Å². The molecule has 2 aliphatic carbocycles. The van der Waals surface area contributed by atoms with Crippen LogP contribution in [0.2, 0.25) is 0 Å². The Kier molecular flexibility index (Phi) is 5.50. The second-order valence-electron chi connectivity index (χ2n) is 12.3. The lowest BCUT2D eigenvalue weighted by atomic mass is 9.69. The number of benzene rings is 2. The van der Waals surface area contributed by atoms with Crippen molar-refractivity contribution in [1.29, 1.82) is 0 Å². The summed E-state index contributed by atoms with van der Waals surface area (Å²) in [5.74, 6) is 1.54. The van der Waals surface area contributed by atoms with E-state index in [2.05, 4.69) is 63.1 Å². The third-order valence-corrected chi connectivity index (χ3v) is 8.59. The Labute approximate surface area is 233 Å². The maximum Gasteiger partial charge on any atom is 0.408 e. The van der Waals surface area contributed by atoms with Crippen molar-refractivity contribution in [2.45, 2.75) is 69.9 Å². The zero-order chi connectivity index (χ0) is 27.6. The average molecular weight is 532 g/mol. The van der Waals surface area contributed by atoms with Gasteiger partial charge in [0.2, 0.25) is 0 Å². The summed E-state index contributed by atoms with van der Waals surface area (Å²) < 4.78 is 2.12. The molecule has 0 bridgehead atoms. The summed E-state index contributed by atoms with van der Waals surface area (Å²) in [6.45, 7) is 5.92. The molecule has 2 fully saturated rings. The molecule has 202 valence electrons. The summed E-state index contributed by atoms with van der Waals surface area (Å²) in [6, 6.07) is 23.0. The molecular weight excluding hydrogens is 498 g/mol. The molecule has 3 aromatic heterocycles. The molecule has 40 heavy (non-hydrogen) atoms. The lowest BCUT2D eigenvalue weighted by molar-refractivity contribution is -0.0328. The van der Waals surface area contributed by atoms with E-state index in [1.54, 1.807) is 4.90 Å². The Morgan fingerprint density at radius 3 is 2.30 bits per heavy atom. The van der Waals surface area contributed by atoms with E-state index >= 15 is 0 Å². The second-order valence-corrected chi connectivity index (χ2v) is 12.3. The van der Waals surface area contributed by atoms with Crippen LogP contribution in [0, 0.1) is 0 Å². The van der Waals surface area contributed by atoms with Crippen molar-refractivity contribution in [3.63, 3.8) is 0 Å². The van der Waals surface area contributed by atoms with Gasteiger partial charge in [0.15, 0.2) is 5.65 Å². The number of carboxylic acid groups (broad SMARTS) is 1. The van der Waals surface area contributed by atoms with E-state index < -0.39 is 17.2 Å². The number of rotatable bonds is 5. The monoisotopic (exact) mass is 531 g/mol. The molecule has 3 heterocycles. The Morgan fingerprint density at radius 2 is 1.70 bits per heavy atom. The standard InChI is InChI=1S/C33H33N5O2/c1-32(2,3)38(31(39)40)33(17-7-18-33)24-14-12-22(13-15-24)28-25(21-8-5-4-6-9-21)20-26-27(34-28)16-19-37-29(23-10-11-23)35-36-30(26)37/h4-6,8-9,12-16,19-20,23H,7,10-11,17-18H2,1-3H3,(H,39,40). The maximum atomic E-state index is 12.4. The van der Waals surface area contributed by atoms with Gasteiger partial charge >= 0.3 is 6.09 Å². The zero-order valence-electron chi connectivity index (χ0n) is 23.1. The van der Waals surface area contributed by atoms with Gasteiger partial charge in [0, 0.05) is 34.2 Å². The first-order chi connectivity index (χ1) is 19.3. The minimum Gasteiger partial charge on any atom is -0.465 e. The van der Waals surface area contributed by atoms with Gasteiger partial charge in [0.05, 0.1) is 16.7 Å². The lowest BCUT2D eigenvalue weighted by Gasteiger charge is -2.54. The fourth-order valence-electron chi connectivity index (χ4n) is 6.49. The largest absolute Gasteiger partial charge is 0.465 e. The molecule has 2 saturated carbocycles. The number of hydrogen-bond donors (Lipinski definition) is 1. The van der Waals surface area contributed by atoms with Crippen molar-refractivity contribution < 1.29 is 9.90 Å². The molecule has 0 unspecified atom stereocenters. The first-order valence-electron chi connectivity index (χ1n) is 14.1. The average Bonchev–Trinajstić information content (AvgIpc) is 3.67. The summed E-state index contributed by atoms with van der Waals surface area (Å²) in [4.78, 5) is 19.3. The van der Waals surface area contributed by atoms with Gasteiger partial charge in [0.1, 0.15) is 5.82 Å². The Balaban J connectivity index is 1.36. The molecule has 0 aliphatic heterocycles. The second kappa shape index (κ2) is 8.88. The van der Waals surface area contributed by atoms with E-state index in [0.717, 1.165) is 69.6 Å². The fourth-order valence-corrected chi connectivity index (χ4v) is 6.49. The molecule has 0 spiro atoms. The normalized spacial score (nSPS) is 16.7. The Morgan fingerprint density at radius 1 is 0.975 bits per heavy atom. The van der Waals surface area contributed by atoms with Crippen molar-refractivity contribution in [3.05, 3.63) is 84.3 Å². The molecule has 5 aromatic rings. The first-order valence-corrected chi connectivity index (χ1v) is 14.1. The van der Waals surface area contributed by atoms with Crippen molar-refractivity contribution in [1.82, 2.24) is 24.5 Å². The number of aromatic nitrogens is 4. The van der Waals surface area contributed by atoms with Crippen LogP contribution >= 0.6 is 0 Å². The smallest absolute Gasteiger partial charge is 0.408 e. The molecule has 0 radical (unpaired) electrons. The van der Waals surface area contributed by atoms with Crippen molar-refractivity contribution in [3.8, 4) is 22.4 Å². The minimum absolute atomic E-state index is 0.500. The van der Waals surface area contributed by atoms with Gasteiger partial charge in [-0.05, 0) is 76.1 Å². The Bertz CT molecular complexity index is 1740. The number of nitrogens with zero attached hydrogens (tertiary/aromatic N) is 5. The highest BCUT2D eigenvalue weighted by molar-refractivity contribution is 5.98. The van der Waals surface area contributed by atoms with Crippen LogP contribution in [0.25, 0.3) is 38.9 Å². The lowest BCUT2D eigenvalue weighted by Crippen LogP contribution is -2.60. The van der Waals surface area contributed by atoms with Gasteiger partial charge < -0.3 is 5.11 Å². The van der Waals surface area contributed by atoms with E-state index in [4.69, 9.17) is 4.98 Å². The molecule has 0 saturated heterocycles. The number of carbonyl (C=O) groups is 1. The van der Waals surface area contributed by atoms with E-state index in [-0.39, 0.29) is 0 Å². The van der Waals surface area contributed by atoms with Crippen LogP contribution in [0.15, 0.2) is 72.9 Å². The highest BCUT2D eigenvalue weighted by atomic mass is 16.4.